The number of aromatic carboxylic acids is 1. The van der Waals surface area contributed by atoms with Crippen LogP contribution in [0.15, 0.2) is 54.6 Å². The van der Waals surface area contributed by atoms with Crippen LogP contribution in [-0.4, -0.2) is 40.4 Å². The molecule has 0 fully saturated rings. The Bertz CT molecular complexity index is 788. The maximum Gasteiger partial charge on any atom is 0.335 e. The van der Waals surface area contributed by atoms with Gasteiger partial charge in [-0.2, -0.15) is 0 Å². The van der Waals surface area contributed by atoms with E-state index in [1.54, 1.807) is 4.90 Å². The monoisotopic (exact) mass is 368 g/mol. The summed E-state index contributed by atoms with van der Waals surface area (Å²) in [6.45, 7) is 4.31. The minimum Gasteiger partial charge on any atom is -0.478 e. The Morgan fingerprint density at radius 2 is 1.59 bits per heavy atom. The van der Waals surface area contributed by atoms with Crippen LogP contribution in [0.4, 0.5) is 5.69 Å². The molecule has 6 heteroatoms. The molecular formula is C21H24N2O4. The van der Waals surface area contributed by atoms with Gasteiger partial charge in [0, 0.05) is 30.3 Å². The second kappa shape index (κ2) is 9.52. The standard InChI is InChI=1S/C21H24N2O4/c1-3-13-23(20(25)16-9-11-17(12-10-16)21(26)27)15(2)14-19(24)22-18-7-5-4-6-8-18/h4-12,15H,3,13-14H2,1-2H3,(H,22,24)(H,26,27). The van der Waals surface area contributed by atoms with E-state index in [2.05, 4.69) is 5.32 Å². The molecule has 2 aromatic rings. The van der Waals surface area contributed by atoms with Crippen LogP contribution in [-0.2, 0) is 4.79 Å². The Labute approximate surface area is 158 Å². The number of nitrogens with one attached hydrogen (secondary N) is 1. The van der Waals surface area contributed by atoms with Crippen LogP contribution in [0, 0.1) is 0 Å². The Morgan fingerprint density at radius 3 is 2.15 bits per heavy atom. The summed E-state index contributed by atoms with van der Waals surface area (Å²) < 4.78 is 0. The number of carboxylic acids is 1. The first-order chi connectivity index (χ1) is 12.9. The van der Waals surface area contributed by atoms with E-state index >= 15 is 0 Å². The van der Waals surface area contributed by atoms with Crippen LogP contribution in [0.1, 0.15) is 47.4 Å². The van der Waals surface area contributed by atoms with Gasteiger partial charge in [0.15, 0.2) is 0 Å². The summed E-state index contributed by atoms with van der Waals surface area (Å²) in [6, 6.07) is 14.7. The van der Waals surface area contributed by atoms with Gasteiger partial charge in [0.05, 0.1) is 5.56 Å². The SMILES string of the molecule is CCCN(C(=O)c1ccc(C(=O)O)cc1)C(C)CC(=O)Nc1ccccc1. The van der Waals surface area contributed by atoms with Crippen LogP contribution < -0.4 is 5.32 Å². The van der Waals surface area contributed by atoms with E-state index in [0.29, 0.717) is 17.8 Å². The van der Waals surface area contributed by atoms with Crippen molar-refractivity contribution in [1.82, 2.24) is 4.90 Å². The summed E-state index contributed by atoms with van der Waals surface area (Å²) in [5.41, 5.74) is 1.25. The number of carbonyl (C=O) groups is 3. The molecule has 0 bridgehead atoms. The van der Waals surface area contributed by atoms with Crippen LogP contribution in [0.25, 0.3) is 0 Å². The average molecular weight is 368 g/mol. The lowest BCUT2D eigenvalue weighted by molar-refractivity contribution is -0.117. The van der Waals surface area contributed by atoms with Gasteiger partial charge in [0.25, 0.3) is 5.91 Å². The van der Waals surface area contributed by atoms with Gasteiger partial charge in [-0.15, -0.1) is 0 Å². The predicted molar refractivity (Wildman–Crippen MR) is 104 cm³/mol. The Balaban J connectivity index is 2.06. The molecule has 2 N–H and O–H groups in total. The molecule has 0 radical (unpaired) electrons. The van der Waals surface area contributed by atoms with Gasteiger partial charge in [-0.25, -0.2) is 4.79 Å². The predicted octanol–water partition coefficient (Wildman–Crippen LogP) is 3.65. The minimum absolute atomic E-state index is 0.129. The molecule has 0 aliphatic heterocycles. The van der Waals surface area contributed by atoms with Gasteiger partial charge in [0.1, 0.15) is 0 Å². The second-order valence-corrected chi connectivity index (χ2v) is 6.35. The molecule has 2 rings (SSSR count). The highest BCUT2D eigenvalue weighted by Gasteiger charge is 2.23. The van der Waals surface area contributed by atoms with Crippen molar-refractivity contribution in [3.8, 4) is 0 Å². The first-order valence-corrected chi connectivity index (χ1v) is 8.91. The maximum absolute atomic E-state index is 12.8. The van der Waals surface area contributed by atoms with Crippen LogP contribution in [0.5, 0.6) is 0 Å². The Hall–Kier alpha value is -3.15. The van der Waals surface area contributed by atoms with E-state index in [-0.39, 0.29) is 29.8 Å². The fraction of sp³-hybridized carbons (Fsp3) is 0.286. The quantitative estimate of drug-likeness (QED) is 0.744. The second-order valence-electron chi connectivity index (χ2n) is 6.35. The Kier molecular flexibility index (Phi) is 7.11. The van der Waals surface area contributed by atoms with E-state index in [1.807, 2.05) is 44.2 Å². The Morgan fingerprint density at radius 1 is 1.00 bits per heavy atom. The fourth-order valence-corrected chi connectivity index (χ4v) is 2.80. The molecule has 142 valence electrons. The van der Waals surface area contributed by atoms with Gasteiger partial charge in [-0.3, -0.25) is 9.59 Å². The minimum atomic E-state index is -1.04. The van der Waals surface area contributed by atoms with Gasteiger partial charge in [-0.05, 0) is 49.7 Å². The molecule has 0 aliphatic carbocycles. The molecule has 0 saturated heterocycles. The molecule has 1 atom stereocenters. The van der Waals surface area contributed by atoms with Gasteiger partial charge in [0.2, 0.25) is 5.91 Å². The van der Waals surface area contributed by atoms with Crippen molar-refractivity contribution in [3.05, 3.63) is 65.7 Å². The third kappa shape index (κ3) is 5.67. The summed E-state index contributed by atoms with van der Waals surface area (Å²) in [5.74, 6) is -1.41. The molecule has 6 nitrogen and oxygen atoms in total. The highest BCUT2D eigenvalue weighted by Crippen LogP contribution is 2.14. The molecule has 1 unspecified atom stereocenters. The van der Waals surface area contributed by atoms with Gasteiger partial charge in [-0.1, -0.05) is 25.1 Å². The van der Waals surface area contributed by atoms with E-state index in [0.717, 1.165) is 6.42 Å². The summed E-state index contributed by atoms with van der Waals surface area (Å²) in [6.07, 6.45) is 0.928. The molecule has 27 heavy (non-hydrogen) atoms. The zero-order valence-electron chi connectivity index (χ0n) is 15.5. The molecule has 2 amide bonds. The van der Waals surface area contributed by atoms with Crippen LogP contribution >= 0.6 is 0 Å². The summed E-state index contributed by atoms with van der Waals surface area (Å²) in [4.78, 5) is 37.8. The number of nitrogens with zero attached hydrogens (tertiary/aromatic N) is 1. The van der Waals surface area contributed by atoms with Crippen LogP contribution in [0.3, 0.4) is 0 Å². The van der Waals surface area contributed by atoms with E-state index in [4.69, 9.17) is 5.11 Å². The number of amides is 2. The smallest absolute Gasteiger partial charge is 0.335 e. The number of carboxylic acid groups (broad SMARTS) is 1. The summed E-state index contributed by atoms with van der Waals surface area (Å²) >= 11 is 0. The molecule has 0 heterocycles. The van der Waals surface area contributed by atoms with Crippen molar-refractivity contribution in [1.29, 1.82) is 0 Å². The molecule has 0 aliphatic rings. The van der Waals surface area contributed by atoms with E-state index in [1.165, 1.54) is 24.3 Å². The van der Waals surface area contributed by atoms with Crippen molar-refractivity contribution in [3.63, 3.8) is 0 Å². The number of hydrogen-bond donors (Lipinski definition) is 2. The summed E-state index contributed by atoms with van der Waals surface area (Å²) in [5, 5.41) is 11.8. The summed E-state index contributed by atoms with van der Waals surface area (Å²) in [7, 11) is 0. The van der Waals surface area contributed by atoms with Crippen molar-refractivity contribution >= 4 is 23.5 Å². The van der Waals surface area contributed by atoms with Crippen molar-refractivity contribution in [2.45, 2.75) is 32.7 Å². The number of carbonyl (C=O) groups excluding carboxylic acids is 2. The van der Waals surface area contributed by atoms with Gasteiger partial charge < -0.3 is 15.3 Å². The number of anilines is 1. The third-order valence-electron chi connectivity index (χ3n) is 4.17. The lowest BCUT2D eigenvalue weighted by atomic mass is 10.1. The van der Waals surface area contributed by atoms with Gasteiger partial charge >= 0.3 is 5.97 Å². The fourth-order valence-electron chi connectivity index (χ4n) is 2.80. The molecule has 2 aromatic carbocycles. The molecule has 0 saturated carbocycles. The first-order valence-electron chi connectivity index (χ1n) is 8.91. The van der Waals surface area contributed by atoms with Crippen molar-refractivity contribution in [2.75, 3.05) is 11.9 Å². The lowest BCUT2D eigenvalue weighted by Crippen LogP contribution is -2.41. The normalized spacial score (nSPS) is 11.5. The molecule has 0 spiro atoms. The first kappa shape index (κ1) is 20.2. The number of benzene rings is 2. The topological polar surface area (TPSA) is 86.7 Å². The highest BCUT2D eigenvalue weighted by atomic mass is 16.4. The van der Waals surface area contributed by atoms with E-state index in [9.17, 15) is 14.4 Å². The van der Waals surface area contributed by atoms with Crippen molar-refractivity contribution < 1.29 is 19.5 Å². The number of para-hydroxylation sites is 1. The average Bonchev–Trinajstić information content (AvgIpc) is 2.66. The van der Waals surface area contributed by atoms with Crippen molar-refractivity contribution in [2.24, 2.45) is 0 Å². The lowest BCUT2D eigenvalue weighted by Gasteiger charge is -2.29. The molecular weight excluding hydrogens is 344 g/mol. The maximum atomic E-state index is 12.8. The zero-order valence-corrected chi connectivity index (χ0v) is 15.5. The van der Waals surface area contributed by atoms with Crippen LogP contribution in [0.2, 0.25) is 0 Å². The van der Waals surface area contributed by atoms with E-state index < -0.39 is 5.97 Å². The zero-order chi connectivity index (χ0) is 19.8. The number of rotatable bonds is 8. The molecule has 0 aromatic heterocycles. The highest BCUT2D eigenvalue weighted by molar-refractivity contribution is 5.97. The number of hydrogen-bond acceptors (Lipinski definition) is 3. The largest absolute Gasteiger partial charge is 0.478 e. The third-order valence-corrected chi connectivity index (χ3v) is 4.17.